The number of aromatic amines is 1. The Bertz CT molecular complexity index is 726. The minimum absolute atomic E-state index is 0.0445. The van der Waals surface area contributed by atoms with Crippen molar-refractivity contribution in [1.29, 1.82) is 0 Å². The van der Waals surface area contributed by atoms with E-state index in [1.807, 2.05) is 23.2 Å². The lowest BCUT2D eigenvalue weighted by Gasteiger charge is -2.26. The van der Waals surface area contributed by atoms with Gasteiger partial charge < -0.3 is 14.6 Å². The molecule has 2 aromatic rings. The van der Waals surface area contributed by atoms with Gasteiger partial charge in [0.05, 0.1) is 12.1 Å². The van der Waals surface area contributed by atoms with E-state index in [4.69, 9.17) is 4.74 Å². The number of fused-ring (bicyclic) bond motifs is 1. The zero-order valence-corrected chi connectivity index (χ0v) is 14.0. The predicted molar refractivity (Wildman–Crippen MR) is 90.9 cm³/mol. The summed E-state index contributed by atoms with van der Waals surface area (Å²) in [6.45, 7) is 0.615. The number of hydrogen-bond acceptors (Lipinski definition) is 3. The number of aryl methyl sites for hydroxylation is 1. The number of amides is 1. The summed E-state index contributed by atoms with van der Waals surface area (Å²) in [5, 5.41) is 0. The molecule has 0 saturated carbocycles. The zero-order chi connectivity index (χ0) is 16.5. The Balaban J connectivity index is 1.68. The molecule has 2 aliphatic rings. The molecule has 1 fully saturated rings. The Kier molecular flexibility index (Phi) is 4.10. The van der Waals surface area contributed by atoms with Gasteiger partial charge in [-0.05, 0) is 42.9 Å². The molecule has 2 atom stereocenters. The van der Waals surface area contributed by atoms with Crippen LogP contribution in [0.2, 0.25) is 0 Å². The zero-order valence-electron chi connectivity index (χ0n) is 14.0. The van der Waals surface area contributed by atoms with Crippen LogP contribution in [0.25, 0.3) is 0 Å². The van der Waals surface area contributed by atoms with Crippen molar-refractivity contribution < 1.29 is 9.53 Å². The molecule has 1 amide bonds. The maximum Gasteiger partial charge on any atom is 0.254 e. The summed E-state index contributed by atoms with van der Waals surface area (Å²) < 4.78 is 5.53. The summed E-state index contributed by atoms with van der Waals surface area (Å²) in [5.41, 5.74) is 3.44. The fourth-order valence-electron chi connectivity index (χ4n) is 4.05. The standard InChI is InChI=1S/C19H23N3O2/c1-24-14-11-17(18-20-9-10-21-18)22(12-14)19(23)16-8-4-6-13-5-2-3-7-15(13)16/h4,6,8-10,14,17H,2-3,5,7,11-12H2,1H3,(H,20,21)/t14-,17?/m1/s1. The minimum Gasteiger partial charge on any atom is -0.380 e. The molecule has 0 radical (unpaired) electrons. The lowest BCUT2D eigenvalue weighted by atomic mass is 9.88. The third-order valence-corrected chi connectivity index (χ3v) is 5.32. The van der Waals surface area contributed by atoms with Crippen LogP contribution in [0.15, 0.2) is 30.6 Å². The Labute approximate surface area is 142 Å². The number of nitrogens with zero attached hydrogens (tertiary/aromatic N) is 2. The van der Waals surface area contributed by atoms with Gasteiger partial charge in [-0.1, -0.05) is 12.1 Å². The van der Waals surface area contributed by atoms with E-state index in [0.29, 0.717) is 6.54 Å². The number of nitrogens with one attached hydrogen (secondary N) is 1. The quantitative estimate of drug-likeness (QED) is 0.944. The first-order valence-electron chi connectivity index (χ1n) is 8.71. The van der Waals surface area contributed by atoms with E-state index in [0.717, 1.165) is 30.7 Å². The topological polar surface area (TPSA) is 58.2 Å². The van der Waals surface area contributed by atoms with Crippen LogP contribution in [-0.2, 0) is 17.6 Å². The minimum atomic E-state index is -0.0445. The van der Waals surface area contributed by atoms with Crippen molar-refractivity contribution in [2.75, 3.05) is 13.7 Å². The second-order valence-electron chi connectivity index (χ2n) is 6.69. The van der Waals surface area contributed by atoms with Gasteiger partial charge in [0.25, 0.3) is 5.91 Å². The maximum absolute atomic E-state index is 13.3. The molecule has 2 heterocycles. The Morgan fingerprint density at radius 3 is 3.00 bits per heavy atom. The average Bonchev–Trinajstić information content (AvgIpc) is 3.29. The maximum atomic E-state index is 13.3. The smallest absolute Gasteiger partial charge is 0.254 e. The number of benzene rings is 1. The normalized spacial score (nSPS) is 23.3. The van der Waals surface area contributed by atoms with Gasteiger partial charge in [-0.25, -0.2) is 4.98 Å². The highest BCUT2D eigenvalue weighted by atomic mass is 16.5. The fraction of sp³-hybridized carbons (Fsp3) is 0.474. The monoisotopic (exact) mass is 325 g/mol. The van der Waals surface area contributed by atoms with Crippen LogP contribution in [0.4, 0.5) is 0 Å². The molecule has 4 rings (SSSR count). The van der Waals surface area contributed by atoms with Gasteiger partial charge in [0.1, 0.15) is 5.82 Å². The van der Waals surface area contributed by atoms with Crippen molar-refractivity contribution in [3.63, 3.8) is 0 Å². The van der Waals surface area contributed by atoms with Crippen LogP contribution in [0.5, 0.6) is 0 Å². The lowest BCUT2D eigenvalue weighted by molar-refractivity contribution is 0.0683. The van der Waals surface area contributed by atoms with E-state index in [9.17, 15) is 4.79 Å². The molecular formula is C19H23N3O2. The molecule has 5 nitrogen and oxygen atoms in total. The second-order valence-corrected chi connectivity index (χ2v) is 6.69. The number of likely N-dealkylation sites (tertiary alicyclic amines) is 1. The van der Waals surface area contributed by atoms with Crippen molar-refractivity contribution in [3.8, 4) is 0 Å². The molecule has 5 heteroatoms. The number of rotatable bonds is 3. The Morgan fingerprint density at radius 1 is 1.33 bits per heavy atom. The van der Waals surface area contributed by atoms with Gasteiger partial charge in [0.2, 0.25) is 0 Å². The van der Waals surface area contributed by atoms with Crippen molar-refractivity contribution in [1.82, 2.24) is 14.9 Å². The molecule has 1 N–H and O–H groups in total. The van der Waals surface area contributed by atoms with E-state index < -0.39 is 0 Å². The van der Waals surface area contributed by atoms with Gasteiger partial charge in [-0.3, -0.25) is 4.79 Å². The first kappa shape index (κ1) is 15.4. The molecule has 126 valence electrons. The number of imidazole rings is 1. The number of carbonyl (C=O) groups excluding carboxylic acids is 1. The molecule has 1 aliphatic carbocycles. The van der Waals surface area contributed by atoms with Crippen LogP contribution in [0.1, 0.15) is 52.6 Å². The van der Waals surface area contributed by atoms with Gasteiger partial charge >= 0.3 is 0 Å². The summed E-state index contributed by atoms with van der Waals surface area (Å²) in [6.07, 6.45) is 8.86. The molecular weight excluding hydrogens is 302 g/mol. The first-order chi connectivity index (χ1) is 11.8. The van der Waals surface area contributed by atoms with E-state index in [2.05, 4.69) is 16.0 Å². The number of H-pyrrole nitrogens is 1. The van der Waals surface area contributed by atoms with E-state index >= 15 is 0 Å². The van der Waals surface area contributed by atoms with E-state index in [1.165, 1.54) is 24.0 Å². The Hall–Kier alpha value is -2.14. The molecule has 0 spiro atoms. The van der Waals surface area contributed by atoms with Gasteiger partial charge in [-0.15, -0.1) is 0 Å². The van der Waals surface area contributed by atoms with Crippen LogP contribution < -0.4 is 0 Å². The van der Waals surface area contributed by atoms with Crippen molar-refractivity contribution in [2.24, 2.45) is 0 Å². The van der Waals surface area contributed by atoms with E-state index in [-0.39, 0.29) is 18.1 Å². The number of ether oxygens (including phenoxy) is 1. The van der Waals surface area contributed by atoms with Gasteiger partial charge in [0.15, 0.2) is 0 Å². The van der Waals surface area contributed by atoms with Crippen molar-refractivity contribution in [3.05, 3.63) is 53.1 Å². The van der Waals surface area contributed by atoms with E-state index in [1.54, 1.807) is 13.3 Å². The third kappa shape index (κ3) is 2.63. The molecule has 1 aliphatic heterocycles. The third-order valence-electron chi connectivity index (χ3n) is 5.32. The number of carbonyl (C=O) groups is 1. The molecule has 1 saturated heterocycles. The highest BCUT2D eigenvalue weighted by molar-refractivity contribution is 5.96. The summed E-state index contributed by atoms with van der Waals surface area (Å²) in [4.78, 5) is 22.8. The van der Waals surface area contributed by atoms with Crippen molar-refractivity contribution in [2.45, 2.75) is 44.2 Å². The van der Waals surface area contributed by atoms with Crippen LogP contribution >= 0.6 is 0 Å². The average molecular weight is 325 g/mol. The number of methoxy groups -OCH3 is 1. The largest absolute Gasteiger partial charge is 0.380 e. The summed E-state index contributed by atoms with van der Waals surface area (Å²) in [7, 11) is 1.71. The highest BCUT2D eigenvalue weighted by Crippen LogP contribution is 2.34. The lowest BCUT2D eigenvalue weighted by Crippen LogP contribution is -2.33. The highest BCUT2D eigenvalue weighted by Gasteiger charge is 2.38. The molecule has 24 heavy (non-hydrogen) atoms. The summed E-state index contributed by atoms with van der Waals surface area (Å²) >= 11 is 0. The fourth-order valence-corrected chi connectivity index (χ4v) is 4.05. The van der Waals surface area contributed by atoms with Crippen LogP contribution in [0, 0.1) is 0 Å². The molecule has 0 bridgehead atoms. The van der Waals surface area contributed by atoms with Gasteiger partial charge in [0, 0.05) is 38.0 Å². The van der Waals surface area contributed by atoms with Crippen LogP contribution in [0.3, 0.4) is 0 Å². The number of aromatic nitrogens is 2. The Morgan fingerprint density at radius 2 is 2.21 bits per heavy atom. The van der Waals surface area contributed by atoms with Gasteiger partial charge in [-0.2, -0.15) is 0 Å². The predicted octanol–water partition coefficient (Wildman–Crippen LogP) is 2.89. The van der Waals surface area contributed by atoms with Crippen molar-refractivity contribution >= 4 is 5.91 Å². The molecule has 1 aromatic heterocycles. The molecule has 1 aromatic carbocycles. The summed E-state index contributed by atoms with van der Waals surface area (Å²) in [6, 6.07) is 6.11. The number of hydrogen-bond donors (Lipinski definition) is 1. The van der Waals surface area contributed by atoms with Crippen LogP contribution in [-0.4, -0.2) is 40.5 Å². The second kappa shape index (κ2) is 6.40. The summed E-state index contributed by atoms with van der Waals surface area (Å²) in [5.74, 6) is 0.947. The SMILES string of the molecule is CO[C@@H]1CC(c2ncc[nH]2)N(C(=O)c2cccc3c2CCCC3)C1. The molecule has 1 unspecified atom stereocenters. The first-order valence-corrected chi connectivity index (χ1v) is 8.71.